The fraction of sp³-hybridized carbons (Fsp3) is 1.00. The van der Waals surface area contributed by atoms with Crippen molar-refractivity contribution in [3.05, 3.63) is 0 Å². The lowest BCUT2D eigenvalue weighted by atomic mass is 9.41. The Morgan fingerprint density at radius 2 is 1.45 bits per heavy atom. The van der Waals surface area contributed by atoms with E-state index in [9.17, 15) is 10.2 Å². The zero-order chi connectivity index (χ0) is 23.0. The molecule has 0 heterocycles. The predicted molar refractivity (Wildman–Crippen MR) is 132 cm³/mol. The maximum Gasteiger partial charge on any atom is 0.0545 e. The molecule has 0 aliphatic heterocycles. The van der Waals surface area contributed by atoms with Crippen molar-refractivity contribution in [3.8, 4) is 0 Å². The van der Waals surface area contributed by atoms with Crippen molar-refractivity contribution in [3.63, 3.8) is 0 Å². The van der Waals surface area contributed by atoms with Gasteiger partial charge in [0.2, 0.25) is 0 Å². The van der Waals surface area contributed by atoms with Gasteiger partial charge in [-0.1, -0.05) is 60.8 Å². The van der Waals surface area contributed by atoms with Crippen LogP contribution in [0.15, 0.2) is 0 Å². The minimum Gasteiger partial charge on any atom is -0.396 e. The Morgan fingerprint density at radius 3 is 2.06 bits per heavy atom. The molecule has 0 aromatic rings. The first-order valence-electron chi connectivity index (χ1n) is 13.8. The van der Waals surface area contributed by atoms with Gasteiger partial charge in [0.25, 0.3) is 0 Å². The van der Waals surface area contributed by atoms with Crippen molar-refractivity contribution in [1.82, 2.24) is 0 Å². The fourth-order valence-electron chi connectivity index (χ4n) is 9.52. The Balaban J connectivity index is 1.82. The van der Waals surface area contributed by atoms with Gasteiger partial charge in [0, 0.05) is 6.61 Å². The average Bonchev–Trinajstić information content (AvgIpc) is 2.97. The quantitative estimate of drug-likeness (QED) is 0.395. The maximum atomic E-state index is 10.7. The molecular formula is C29H54O2. The molecule has 3 aliphatic carbocycles. The van der Waals surface area contributed by atoms with E-state index < -0.39 is 0 Å². The smallest absolute Gasteiger partial charge is 0.0545 e. The highest BCUT2D eigenvalue weighted by molar-refractivity contribution is 5.14. The molecule has 2 N–H and O–H groups in total. The first kappa shape index (κ1) is 25.5. The van der Waals surface area contributed by atoms with E-state index in [1.54, 1.807) is 0 Å². The van der Waals surface area contributed by atoms with Crippen LogP contribution >= 0.6 is 0 Å². The molecule has 9 atom stereocenters. The average molecular weight is 435 g/mol. The van der Waals surface area contributed by atoms with E-state index in [2.05, 4.69) is 41.5 Å². The second kappa shape index (κ2) is 9.65. The van der Waals surface area contributed by atoms with Crippen LogP contribution in [0.3, 0.4) is 0 Å². The first-order chi connectivity index (χ1) is 14.5. The lowest BCUT2D eigenvalue weighted by Gasteiger charge is -2.64. The topological polar surface area (TPSA) is 40.5 Å². The maximum absolute atomic E-state index is 10.7. The highest BCUT2D eigenvalue weighted by Crippen LogP contribution is 2.73. The van der Waals surface area contributed by atoms with E-state index in [-0.39, 0.29) is 18.1 Å². The Bertz CT molecular complexity index is 585. The Kier molecular flexibility index (Phi) is 7.95. The summed E-state index contributed by atoms with van der Waals surface area (Å²) in [6.07, 6.45) is 13.9. The molecule has 182 valence electrons. The van der Waals surface area contributed by atoms with Gasteiger partial charge in [-0.3, -0.25) is 0 Å². The van der Waals surface area contributed by atoms with Crippen LogP contribution in [-0.4, -0.2) is 22.9 Å². The van der Waals surface area contributed by atoms with Gasteiger partial charge < -0.3 is 10.2 Å². The van der Waals surface area contributed by atoms with E-state index in [1.807, 2.05) is 6.92 Å². The van der Waals surface area contributed by atoms with Gasteiger partial charge in [-0.15, -0.1) is 0 Å². The lowest BCUT2D eigenvalue weighted by Crippen LogP contribution is -2.58. The summed E-state index contributed by atoms with van der Waals surface area (Å²) in [6, 6.07) is 0. The third-order valence-corrected chi connectivity index (χ3v) is 11.4. The van der Waals surface area contributed by atoms with E-state index in [1.165, 1.54) is 57.8 Å². The molecule has 3 aliphatic rings. The number of fused-ring (bicyclic) bond motifs is 3. The highest BCUT2D eigenvalue weighted by atomic mass is 16.3. The Hall–Kier alpha value is -0.0800. The van der Waals surface area contributed by atoms with Crippen LogP contribution in [0.25, 0.3) is 0 Å². The predicted octanol–water partition coefficient (Wildman–Crippen LogP) is 7.47. The molecule has 3 rings (SSSR count). The molecule has 3 fully saturated rings. The summed E-state index contributed by atoms with van der Waals surface area (Å²) >= 11 is 0. The first-order valence-corrected chi connectivity index (χ1v) is 13.8. The van der Waals surface area contributed by atoms with Crippen LogP contribution in [0.1, 0.15) is 119 Å². The van der Waals surface area contributed by atoms with Crippen molar-refractivity contribution in [1.29, 1.82) is 0 Å². The summed E-state index contributed by atoms with van der Waals surface area (Å²) < 4.78 is 0. The molecule has 2 nitrogen and oxygen atoms in total. The van der Waals surface area contributed by atoms with Crippen molar-refractivity contribution in [2.24, 2.45) is 51.8 Å². The van der Waals surface area contributed by atoms with Gasteiger partial charge in [0.15, 0.2) is 0 Å². The number of hydrogen-bond acceptors (Lipinski definition) is 2. The van der Waals surface area contributed by atoms with Crippen LogP contribution in [0, 0.1) is 51.8 Å². The Labute approximate surface area is 194 Å². The van der Waals surface area contributed by atoms with Crippen LogP contribution < -0.4 is 0 Å². The standard InChI is InChI=1S/C29H54O2/c1-20(2)10-8-11-21(3)23-14-17-29(7)26-13-12-24(22(4)31)27(5,16-9-19-30)25(26)15-18-28(23,29)6/h20-26,30-31H,8-19H2,1-7H3/t21-,22+,23-,24+,25+,26-,27+,28+,29-/m0/s1. The third kappa shape index (κ3) is 4.39. The minimum absolute atomic E-state index is 0.172. The SMILES string of the molecule is CC(C)CCC[C@H](C)[C@@H]1CC[C@@]2(C)[C@H]3CC[C@H]([C@@H](C)O)[C@@](C)(CCCO)[C@@H]3CC[C@]12C. The fourth-order valence-corrected chi connectivity index (χ4v) is 9.52. The number of aliphatic hydroxyl groups excluding tert-OH is 2. The van der Waals surface area contributed by atoms with Crippen molar-refractivity contribution < 1.29 is 10.2 Å². The van der Waals surface area contributed by atoms with E-state index in [0.717, 1.165) is 36.5 Å². The zero-order valence-electron chi connectivity index (χ0n) is 21.9. The largest absolute Gasteiger partial charge is 0.396 e. The van der Waals surface area contributed by atoms with E-state index >= 15 is 0 Å². The summed E-state index contributed by atoms with van der Waals surface area (Å²) in [5.74, 6) is 4.44. The third-order valence-electron chi connectivity index (χ3n) is 11.4. The summed E-state index contributed by atoms with van der Waals surface area (Å²) in [7, 11) is 0. The highest BCUT2D eigenvalue weighted by Gasteiger charge is 2.65. The molecule has 31 heavy (non-hydrogen) atoms. The van der Waals surface area contributed by atoms with Crippen molar-refractivity contribution >= 4 is 0 Å². The summed E-state index contributed by atoms with van der Waals surface area (Å²) in [5, 5.41) is 20.3. The van der Waals surface area contributed by atoms with Crippen LogP contribution in [0.5, 0.6) is 0 Å². The molecule has 0 radical (unpaired) electrons. The molecule has 0 spiro atoms. The normalized spacial score (nSPS) is 44.7. The minimum atomic E-state index is -0.233. The van der Waals surface area contributed by atoms with Crippen molar-refractivity contribution in [2.45, 2.75) is 125 Å². The summed E-state index contributed by atoms with van der Waals surface area (Å²) in [6.45, 7) is 17.4. The number of hydrogen-bond donors (Lipinski definition) is 2. The van der Waals surface area contributed by atoms with Crippen LogP contribution in [-0.2, 0) is 0 Å². The van der Waals surface area contributed by atoms with E-state index in [4.69, 9.17) is 0 Å². The number of aliphatic hydroxyl groups is 2. The van der Waals surface area contributed by atoms with Gasteiger partial charge in [0.1, 0.15) is 0 Å². The summed E-state index contributed by atoms with van der Waals surface area (Å²) in [4.78, 5) is 0. The van der Waals surface area contributed by atoms with E-state index in [0.29, 0.717) is 22.7 Å². The van der Waals surface area contributed by atoms with Gasteiger partial charge in [-0.05, 0) is 110 Å². The molecule has 0 unspecified atom stereocenters. The van der Waals surface area contributed by atoms with Gasteiger partial charge in [0.05, 0.1) is 6.10 Å². The van der Waals surface area contributed by atoms with Gasteiger partial charge in [-0.2, -0.15) is 0 Å². The molecule has 0 aromatic heterocycles. The van der Waals surface area contributed by atoms with Gasteiger partial charge in [-0.25, -0.2) is 0 Å². The molecular weight excluding hydrogens is 380 g/mol. The molecule has 0 saturated heterocycles. The molecule has 0 aromatic carbocycles. The number of rotatable bonds is 9. The molecule has 0 bridgehead atoms. The molecule has 2 heteroatoms. The molecule has 3 saturated carbocycles. The van der Waals surface area contributed by atoms with Crippen molar-refractivity contribution in [2.75, 3.05) is 6.61 Å². The van der Waals surface area contributed by atoms with Crippen LogP contribution in [0.4, 0.5) is 0 Å². The second-order valence-electron chi connectivity index (χ2n) is 13.3. The van der Waals surface area contributed by atoms with Crippen LogP contribution in [0.2, 0.25) is 0 Å². The van der Waals surface area contributed by atoms with Gasteiger partial charge >= 0.3 is 0 Å². The Morgan fingerprint density at radius 1 is 0.774 bits per heavy atom. The summed E-state index contributed by atoms with van der Waals surface area (Å²) in [5.41, 5.74) is 1.09. The monoisotopic (exact) mass is 434 g/mol. The molecule has 0 amide bonds. The lowest BCUT2D eigenvalue weighted by molar-refractivity contribution is -0.165. The zero-order valence-corrected chi connectivity index (χ0v) is 21.9. The second-order valence-corrected chi connectivity index (χ2v) is 13.3.